The lowest BCUT2D eigenvalue weighted by Gasteiger charge is -2.40. The standard InChI is InChI=1S/C18H22ClN3O3/c1-17(16(23)24)9-8-14(5-2-13-3-6-15(19)7-4-13)18(17,25)10-22-12-20-11-21-22/h3-4,6-7,11-12,14,25H,2,5,8-10H2,1H3,(H,23,24)/t14-,17+,18+/m0/s1. The predicted octanol–water partition coefficient (Wildman–Crippen LogP) is 2.80. The molecule has 0 amide bonds. The number of carboxylic acids is 1. The first-order valence-electron chi connectivity index (χ1n) is 8.38. The molecular formula is C18H22ClN3O3. The molecule has 3 atom stereocenters. The summed E-state index contributed by atoms with van der Waals surface area (Å²) in [6.45, 7) is 1.76. The van der Waals surface area contributed by atoms with Crippen molar-refractivity contribution in [1.82, 2.24) is 14.8 Å². The van der Waals surface area contributed by atoms with Gasteiger partial charge in [-0.25, -0.2) is 4.98 Å². The molecule has 1 fully saturated rings. The van der Waals surface area contributed by atoms with E-state index in [0.29, 0.717) is 24.3 Å². The van der Waals surface area contributed by atoms with Crippen LogP contribution in [0.3, 0.4) is 0 Å². The van der Waals surface area contributed by atoms with Crippen molar-refractivity contribution in [3.63, 3.8) is 0 Å². The Hall–Kier alpha value is -1.92. The van der Waals surface area contributed by atoms with E-state index >= 15 is 0 Å². The van der Waals surface area contributed by atoms with E-state index in [1.54, 1.807) is 6.92 Å². The molecule has 1 aliphatic rings. The monoisotopic (exact) mass is 363 g/mol. The van der Waals surface area contributed by atoms with Crippen molar-refractivity contribution in [2.45, 2.75) is 44.8 Å². The number of halogens is 1. The number of aromatic nitrogens is 3. The first-order chi connectivity index (χ1) is 11.8. The average Bonchev–Trinajstić information content (AvgIpc) is 3.16. The number of hydrogen-bond donors (Lipinski definition) is 2. The van der Waals surface area contributed by atoms with Crippen LogP contribution < -0.4 is 0 Å². The summed E-state index contributed by atoms with van der Waals surface area (Å²) < 4.78 is 1.52. The van der Waals surface area contributed by atoms with Crippen molar-refractivity contribution in [2.75, 3.05) is 0 Å². The summed E-state index contributed by atoms with van der Waals surface area (Å²) in [7, 11) is 0. The zero-order valence-corrected chi connectivity index (χ0v) is 14.9. The zero-order valence-electron chi connectivity index (χ0n) is 14.1. The van der Waals surface area contributed by atoms with Gasteiger partial charge < -0.3 is 10.2 Å². The molecule has 1 aromatic carbocycles. The van der Waals surface area contributed by atoms with E-state index in [9.17, 15) is 15.0 Å². The fraction of sp³-hybridized carbons (Fsp3) is 0.500. The Kier molecular flexibility index (Phi) is 4.84. The zero-order chi connectivity index (χ0) is 18.1. The summed E-state index contributed by atoms with van der Waals surface area (Å²) in [5.74, 6) is -1.10. The molecule has 1 saturated carbocycles. The fourth-order valence-electron chi connectivity index (χ4n) is 3.90. The predicted molar refractivity (Wildman–Crippen MR) is 93.2 cm³/mol. The number of rotatable bonds is 6. The van der Waals surface area contributed by atoms with Crippen LogP contribution in [0.1, 0.15) is 31.7 Å². The average molecular weight is 364 g/mol. The Bertz CT molecular complexity index is 735. The molecule has 1 heterocycles. The van der Waals surface area contributed by atoms with Crippen LogP contribution in [0.2, 0.25) is 5.02 Å². The Balaban J connectivity index is 1.81. The van der Waals surface area contributed by atoms with Crippen LogP contribution in [-0.2, 0) is 17.8 Å². The lowest BCUT2D eigenvalue weighted by Crippen LogP contribution is -2.54. The summed E-state index contributed by atoms with van der Waals surface area (Å²) >= 11 is 5.92. The van der Waals surface area contributed by atoms with Gasteiger partial charge in [0, 0.05) is 5.02 Å². The maximum atomic E-state index is 11.9. The second kappa shape index (κ2) is 6.77. The van der Waals surface area contributed by atoms with Crippen LogP contribution in [0, 0.1) is 11.3 Å². The van der Waals surface area contributed by atoms with Crippen LogP contribution in [0.4, 0.5) is 0 Å². The highest BCUT2D eigenvalue weighted by atomic mass is 35.5. The number of carboxylic acid groups (broad SMARTS) is 1. The molecule has 7 heteroatoms. The molecular weight excluding hydrogens is 342 g/mol. The van der Waals surface area contributed by atoms with Gasteiger partial charge in [-0.3, -0.25) is 9.48 Å². The molecule has 0 saturated heterocycles. The highest BCUT2D eigenvalue weighted by molar-refractivity contribution is 6.30. The molecule has 3 rings (SSSR count). The number of carbonyl (C=O) groups is 1. The topological polar surface area (TPSA) is 88.2 Å². The van der Waals surface area contributed by atoms with Crippen LogP contribution in [0.25, 0.3) is 0 Å². The largest absolute Gasteiger partial charge is 0.481 e. The van der Waals surface area contributed by atoms with Gasteiger partial charge in [0.2, 0.25) is 0 Å². The number of aliphatic hydroxyl groups is 1. The van der Waals surface area contributed by atoms with Gasteiger partial charge in [-0.2, -0.15) is 5.10 Å². The van der Waals surface area contributed by atoms with Crippen molar-refractivity contribution in [2.24, 2.45) is 11.3 Å². The first-order valence-corrected chi connectivity index (χ1v) is 8.75. The third-order valence-electron chi connectivity index (χ3n) is 5.66. The Morgan fingerprint density at radius 1 is 1.40 bits per heavy atom. The second-order valence-corrected chi connectivity index (χ2v) is 7.49. The Morgan fingerprint density at radius 3 is 2.72 bits per heavy atom. The molecule has 1 aromatic heterocycles. The molecule has 1 aliphatic carbocycles. The molecule has 0 radical (unpaired) electrons. The fourth-order valence-corrected chi connectivity index (χ4v) is 4.03. The van der Waals surface area contributed by atoms with Gasteiger partial charge in [0.25, 0.3) is 0 Å². The quantitative estimate of drug-likeness (QED) is 0.823. The smallest absolute Gasteiger partial charge is 0.312 e. The van der Waals surface area contributed by atoms with E-state index < -0.39 is 17.0 Å². The molecule has 2 N–H and O–H groups in total. The van der Waals surface area contributed by atoms with Gasteiger partial charge in [-0.1, -0.05) is 23.7 Å². The minimum Gasteiger partial charge on any atom is -0.481 e. The van der Waals surface area contributed by atoms with Crippen molar-refractivity contribution < 1.29 is 15.0 Å². The van der Waals surface area contributed by atoms with E-state index in [1.807, 2.05) is 24.3 Å². The van der Waals surface area contributed by atoms with Crippen LogP contribution in [0.5, 0.6) is 0 Å². The van der Waals surface area contributed by atoms with E-state index in [2.05, 4.69) is 10.1 Å². The summed E-state index contributed by atoms with van der Waals surface area (Å²) in [6.07, 6.45) is 5.47. The van der Waals surface area contributed by atoms with Crippen molar-refractivity contribution in [3.05, 3.63) is 47.5 Å². The summed E-state index contributed by atoms with van der Waals surface area (Å²) in [4.78, 5) is 15.8. The number of hydrogen-bond acceptors (Lipinski definition) is 4. The summed E-state index contributed by atoms with van der Waals surface area (Å²) in [5, 5.41) is 25.9. The normalized spacial score (nSPS) is 29.0. The molecule has 2 aromatic rings. The van der Waals surface area contributed by atoms with Crippen molar-refractivity contribution in [3.8, 4) is 0 Å². The van der Waals surface area contributed by atoms with Gasteiger partial charge in [0.1, 0.15) is 18.3 Å². The molecule has 25 heavy (non-hydrogen) atoms. The maximum absolute atomic E-state index is 11.9. The molecule has 0 aliphatic heterocycles. The molecule has 0 unspecified atom stereocenters. The van der Waals surface area contributed by atoms with Gasteiger partial charge in [-0.15, -0.1) is 0 Å². The van der Waals surface area contributed by atoms with Crippen LogP contribution in [0.15, 0.2) is 36.9 Å². The van der Waals surface area contributed by atoms with E-state index in [1.165, 1.54) is 17.3 Å². The van der Waals surface area contributed by atoms with Gasteiger partial charge >= 0.3 is 5.97 Å². The number of aliphatic carboxylic acids is 1. The third-order valence-corrected chi connectivity index (χ3v) is 5.91. The molecule has 0 spiro atoms. The number of nitrogens with zero attached hydrogens (tertiary/aromatic N) is 3. The lowest BCUT2D eigenvalue weighted by atomic mass is 9.71. The highest BCUT2D eigenvalue weighted by Gasteiger charge is 2.61. The highest BCUT2D eigenvalue weighted by Crippen LogP contribution is 2.52. The first kappa shape index (κ1) is 17.9. The van der Waals surface area contributed by atoms with Gasteiger partial charge in [0.15, 0.2) is 0 Å². The second-order valence-electron chi connectivity index (χ2n) is 7.06. The van der Waals surface area contributed by atoms with Gasteiger partial charge in [0.05, 0.1) is 12.0 Å². The minimum atomic E-state index is -1.38. The third kappa shape index (κ3) is 3.28. The minimum absolute atomic E-state index is 0.126. The summed E-state index contributed by atoms with van der Waals surface area (Å²) in [6, 6.07) is 7.61. The molecule has 134 valence electrons. The number of aryl methyl sites for hydroxylation is 1. The van der Waals surface area contributed by atoms with Crippen LogP contribution in [-0.4, -0.2) is 36.5 Å². The van der Waals surface area contributed by atoms with Crippen molar-refractivity contribution in [1.29, 1.82) is 0 Å². The van der Waals surface area contributed by atoms with E-state index in [4.69, 9.17) is 11.6 Å². The lowest BCUT2D eigenvalue weighted by molar-refractivity contribution is -0.169. The molecule has 6 nitrogen and oxygen atoms in total. The number of benzene rings is 1. The SMILES string of the molecule is C[C@]1(C(=O)O)CC[C@H](CCc2ccc(Cl)cc2)[C@]1(O)Cn1cncn1. The van der Waals surface area contributed by atoms with Gasteiger partial charge in [-0.05, 0) is 56.2 Å². The summed E-state index contributed by atoms with van der Waals surface area (Å²) in [5.41, 5.74) is -1.46. The maximum Gasteiger partial charge on any atom is 0.312 e. The molecule has 0 bridgehead atoms. The van der Waals surface area contributed by atoms with Crippen LogP contribution >= 0.6 is 11.6 Å². The van der Waals surface area contributed by atoms with E-state index in [-0.39, 0.29) is 12.5 Å². The van der Waals surface area contributed by atoms with E-state index in [0.717, 1.165) is 12.0 Å². The van der Waals surface area contributed by atoms with Crippen molar-refractivity contribution >= 4 is 17.6 Å². The Morgan fingerprint density at radius 2 is 2.12 bits per heavy atom. The Labute approximate surface area is 151 Å².